The molecule has 1 aliphatic rings. The molecule has 11 heteroatoms. The van der Waals surface area contributed by atoms with Crippen molar-refractivity contribution in [3.05, 3.63) is 57.1 Å². The molecule has 0 atom stereocenters. The third-order valence-corrected chi connectivity index (χ3v) is 5.63. The molecule has 0 amide bonds. The van der Waals surface area contributed by atoms with Crippen molar-refractivity contribution in [2.75, 3.05) is 36.4 Å². The van der Waals surface area contributed by atoms with Gasteiger partial charge >= 0.3 is 5.97 Å². The maximum Gasteiger partial charge on any atom is 0.341 e. The second-order valence-corrected chi connectivity index (χ2v) is 7.95. The van der Waals surface area contributed by atoms with Gasteiger partial charge in [-0.1, -0.05) is 15.9 Å². The molecular formula is C19H16BrF4N3O2S. The van der Waals surface area contributed by atoms with Gasteiger partial charge in [0.05, 0.1) is 0 Å². The van der Waals surface area contributed by atoms with E-state index in [9.17, 15) is 22.4 Å². The number of anilines is 2. The molecule has 160 valence electrons. The number of carbonyl (C=O) groups is 1. The standard InChI is InChI=1S/C19H16BrF4N3O2S/c1-9-8-10(20)2-3-11(9)26-4-6-27(7-5-26)19(30)25-17-15(23)13(21)12(18(28)29)14(22)16(17)24/h2-3,8H,4-7H2,1H3,(H,25,30)(H,28,29). The van der Waals surface area contributed by atoms with Crippen molar-refractivity contribution >= 4 is 50.6 Å². The molecule has 30 heavy (non-hydrogen) atoms. The predicted molar refractivity (Wildman–Crippen MR) is 112 cm³/mol. The molecule has 0 spiro atoms. The fourth-order valence-electron chi connectivity index (χ4n) is 3.24. The molecule has 0 aromatic heterocycles. The third kappa shape index (κ3) is 4.22. The Morgan fingerprint density at radius 2 is 1.63 bits per heavy atom. The number of nitrogens with zero attached hydrogens (tertiary/aromatic N) is 2. The Bertz CT molecular complexity index is 1000. The SMILES string of the molecule is Cc1cc(Br)ccc1N1CCN(C(=S)Nc2c(F)c(F)c(C(=O)O)c(F)c2F)CC1. The molecule has 2 aromatic carbocycles. The lowest BCUT2D eigenvalue weighted by Gasteiger charge is -2.38. The smallest absolute Gasteiger partial charge is 0.341 e. The van der Waals surface area contributed by atoms with Crippen LogP contribution in [0.4, 0.5) is 28.9 Å². The van der Waals surface area contributed by atoms with E-state index in [1.807, 2.05) is 25.1 Å². The molecule has 0 unspecified atom stereocenters. The average molecular weight is 506 g/mol. The Hall–Kier alpha value is -2.40. The van der Waals surface area contributed by atoms with E-state index in [0.717, 1.165) is 15.7 Å². The number of benzene rings is 2. The number of hydrogen-bond acceptors (Lipinski definition) is 3. The van der Waals surface area contributed by atoms with Crippen LogP contribution in [-0.4, -0.2) is 47.3 Å². The largest absolute Gasteiger partial charge is 0.477 e. The average Bonchev–Trinajstić information content (AvgIpc) is 2.69. The quantitative estimate of drug-likeness (QED) is 0.363. The van der Waals surface area contributed by atoms with Crippen LogP contribution in [0.5, 0.6) is 0 Å². The Kier molecular flexibility index (Phi) is 6.51. The number of carboxylic acids is 1. The van der Waals surface area contributed by atoms with Gasteiger partial charge in [0.15, 0.2) is 28.4 Å². The maximum atomic E-state index is 14.2. The Morgan fingerprint density at radius 3 is 2.13 bits per heavy atom. The van der Waals surface area contributed by atoms with E-state index in [0.29, 0.717) is 26.2 Å². The molecule has 0 aliphatic carbocycles. The van der Waals surface area contributed by atoms with Gasteiger partial charge in [-0.3, -0.25) is 0 Å². The maximum absolute atomic E-state index is 14.2. The van der Waals surface area contributed by atoms with E-state index >= 15 is 0 Å². The van der Waals surface area contributed by atoms with Crippen molar-refractivity contribution in [1.82, 2.24) is 4.90 Å². The summed E-state index contributed by atoms with van der Waals surface area (Å²) >= 11 is 8.56. The Labute approximate surface area is 183 Å². The zero-order valence-electron chi connectivity index (χ0n) is 15.6. The fraction of sp³-hybridized carbons (Fsp3) is 0.263. The lowest BCUT2D eigenvalue weighted by atomic mass is 10.1. The molecule has 2 aromatic rings. The van der Waals surface area contributed by atoms with E-state index in [1.54, 1.807) is 4.90 Å². The number of aromatic carboxylic acids is 1. The minimum Gasteiger partial charge on any atom is -0.477 e. The van der Waals surface area contributed by atoms with Gasteiger partial charge in [0.2, 0.25) is 0 Å². The zero-order chi connectivity index (χ0) is 22.2. The molecule has 0 bridgehead atoms. The number of thiocarbonyl (C=S) groups is 1. The second-order valence-electron chi connectivity index (χ2n) is 6.65. The number of halogens is 5. The number of carboxylic acid groups (broad SMARTS) is 1. The highest BCUT2D eigenvalue weighted by atomic mass is 79.9. The second kappa shape index (κ2) is 8.76. The first kappa shape index (κ1) is 22.3. The number of rotatable bonds is 3. The summed E-state index contributed by atoms with van der Waals surface area (Å²) in [5.74, 6) is -9.81. The molecule has 3 rings (SSSR count). The van der Waals surface area contributed by atoms with Gasteiger partial charge < -0.3 is 20.2 Å². The van der Waals surface area contributed by atoms with Crippen molar-refractivity contribution in [3.8, 4) is 0 Å². The molecule has 0 radical (unpaired) electrons. The van der Waals surface area contributed by atoms with Crippen molar-refractivity contribution in [2.24, 2.45) is 0 Å². The summed E-state index contributed by atoms with van der Waals surface area (Å²) < 4.78 is 57.0. The summed E-state index contributed by atoms with van der Waals surface area (Å²) in [7, 11) is 0. The third-order valence-electron chi connectivity index (χ3n) is 4.78. The normalized spacial score (nSPS) is 14.1. The molecule has 1 fully saturated rings. The summed E-state index contributed by atoms with van der Waals surface area (Å²) in [5, 5.41) is 10.8. The molecular weight excluding hydrogens is 490 g/mol. The number of hydrogen-bond donors (Lipinski definition) is 2. The molecule has 1 saturated heterocycles. The van der Waals surface area contributed by atoms with E-state index < -0.39 is 40.5 Å². The summed E-state index contributed by atoms with van der Waals surface area (Å²) in [4.78, 5) is 14.6. The van der Waals surface area contributed by atoms with Crippen molar-refractivity contribution < 1.29 is 27.5 Å². The zero-order valence-corrected chi connectivity index (χ0v) is 18.0. The van der Waals surface area contributed by atoms with Crippen molar-refractivity contribution in [2.45, 2.75) is 6.92 Å². The summed E-state index contributed by atoms with van der Waals surface area (Å²) in [6.07, 6.45) is 0. The first-order valence-corrected chi connectivity index (χ1v) is 9.98. The van der Waals surface area contributed by atoms with Gasteiger partial charge in [-0.15, -0.1) is 0 Å². The summed E-state index contributed by atoms with van der Waals surface area (Å²) in [6.45, 7) is 3.92. The van der Waals surface area contributed by atoms with Gasteiger partial charge in [0.1, 0.15) is 11.3 Å². The van der Waals surface area contributed by atoms with Gasteiger partial charge in [-0.05, 0) is 42.9 Å². The van der Waals surface area contributed by atoms with Crippen LogP contribution in [0.3, 0.4) is 0 Å². The van der Waals surface area contributed by atoms with Crippen LogP contribution in [0.25, 0.3) is 0 Å². The molecule has 1 heterocycles. The van der Waals surface area contributed by atoms with Crippen molar-refractivity contribution in [3.63, 3.8) is 0 Å². The highest BCUT2D eigenvalue weighted by molar-refractivity contribution is 9.10. The van der Waals surface area contributed by atoms with Crippen molar-refractivity contribution in [1.29, 1.82) is 0 Å². The van der Waals surface area contributed by atoms with Crippen LogP contribution >= 0.6 is 28.1 Å². The Balaban J connectivity index is 1.73. The van der Waals surface area contributed by atoms with Crippen LogP contribution < -0.4 is 10.2 Å². The lowest BCUT2D eigenvalue weighted by molar-refractivity contribution is 0.0683. The number of piperazine rings is 1. The van der Waals surface area contributed by atoms with Gasteiger partial charge in [-0.25, -0.2) is 22.4 Å². The predicted octanol–water partition coefficient (Wildman–Crippen LogP) is 4.53. The monoisotopic (exact) mass is 505 g/mol. The number of aryl methyl sites for hydroxylation is 1. The molecule has 5 nitrogen and oxygen atoms in total. The highest BCUT2D eigenvalue weighted by Gasteiger charge is 2.30. The van der Waals surface area contributed by atoms with E-state index in [4.69, 9.17) is 17.3 Å². The summed E-state index contributed by atoms with van der Waals surface area (Å²) in [6, 6.07) is 5.89. The molecule has 0 saturated carbocycles. The topological polar surface area (TPSA) is 55.8 Å². The lowest BCUT2D eigenvalue weighted by Crippen LogP contribution is -2.50. The van der Waals surface area contributed by atoms with Crippen LogP contribution in [0.15, 0.2) is 22.7 Å². The van der Waals surface area contributed by atoms with E-state index in [2.05, 4.69) is 26.1 Å². The van der Waals surface area contributed by atoms with Crippen LogP contribution in [0.1, 0.15) is 15.9 Å². The minimum absolute atomic E-state index is 0.123. The van der Waals surface area contributed by atoms with Crippen LogP contribution in [0.2, 0.25) is 0 Å². The molecule has 2 N–H and O–H groups in total. The van der Waals surface area contributed by atoms with Crippen LogP contribution in [-0.2, 0) is 0 Å². The highest BCUT2D eigenvalue weighted by Crippen LogP contribution is 2.29. The number of nitrogens with one attached hydrogen (secondary N) is 1. The first-order chi connectivity index (χ1) is 14.1. The van der Waals surface area contributed by atoms with E-state index in [-0.39, 0.29) is 5.11 Å². The Morgan fingerprint density at radius 1 is 1.07 bits per heavy atom. The van der Waals surface area contributed by atoms with Crippen LogP contribution in [0, 0.1) is 30.2 Å². The summed E-state index contributed by atoms with van der Waals surface area (Å²) in [5.41, 5.74) is -0.736. The van der Waals surface area contributed by atoms with Gasteiger partial charge in [0.25, 0.3) is 0 Å². The van der Waals surface area contributed by atoms with Gasteiger partial charge in [0, 0.05) is 36.3 Å². The van der Waals surface area contributed by atoms with Gasteiger partial charge in [-0.2, -0.15) is 0 Å². The first-order valence-electron chi connectivity index (χ1n) is 8.78. The fourth-order valence-corrected chi connectivity index (χ4v) is 4.00. The molecule has 1 aliphatic heterocycles. The minimum atomic E-state index is -2.11. The van der Waals surface area contributed by atoms with E-state index in [1.165, 1.54) is 0 Å².